The van der Waals surface area contributed by atoms with Gasteiger partial charge in [0.05, 0.1) is 5.51 Å². The zero-order valence-corrected chi connectivity index (χ0v) is 6.75. The zero-order valence-electron chi connectivity index (χ0n) is 5.17. The van der Waals surface area contributed by atoms with Crippen LogP contribution in [0.4, 0.5) is 0 Å². The van der Waals surface area contributed by atoms with E-state index in [0.29, 0.717) is 0 Å². The third-order valence-electron chi connectivity index (χ3n) is 0.966. The fraction of sp³-hybridized carbons (Fsp3) is 0.500. The van der Waals surface area contributed by atoms with Crippen LogP contribution in [0.15, 0.2) is 11.7 Å². The summed E-state index contributed by atoms with van der Waals surface area (Å²) in [5.41, 5.74) is 1.83. The summed E-state index contributed by atoms with van der Waals surface area (Å²) in [5.74, 6) is 0. The van der Waals surface area contributed by atoms with E-state index in [1.54, 1.807) is 11.3 Å². The largest absolute Gasteiger partial charge is 0.253 e. The van der Waals surface area contributed by atoms with Gasteiger partial charge in [-0.1, -0.05) is 0 Å². The predicted molar refractivity (Wildman–Crippen MR) is 41.1 cm³/mol. The van der Waals surface area contributed by atoms with Gasteiger partial charge in [-0.3, -0.25) is 4.98 Å². The van der Waals surface area contributed by atoms with Gasteiger partial charge in [0.1, 0.15) is 0 Å². The van der Waals surface area contributed by atoms with E-state index < -0.39 is 0 Å². The van der Waals surface area contributed by atoms with Crippen molar-refractivity contribution in [2.24, 2.45) is 0 Å². The highest BCUT2D eigenvalue weighted by atomic mass is 35.5. The SMILES string of the molecule is CC(Cl)Cc1cncs1. The Hall–Kier alpha value is -0.0800. The first kappa shape index (κ1) is 7.03. The van der Waals surface area contributed by atoms with Gasteiger partial charge in [-0.05, 0) is 13.3 Å². The van der Waals surface area contributed by atoms with Crippen LogP contribution in [-0.4, -0.2) is 10.4 Å². The second-order valence-electron chi connectivity index (χ2n) is 1.95. The molecule has 1 aromatic rings. The van der Waals surface area contributed by atoms with Gasteiger partial charge in [-0.15, -0.1) is 22.9 Å². The fourth-order valence-corrected chi connectivity index (χ4v) is 1.60. The summed E-state index contributed by atoms with van der Waals surface area (Å²) in [6, 6.07) is 0. The van der Waals surface area contributed by atoms with E-state index in [9.17, 15) is 0 Å². The molecule has 1 heterocycles. The monoisotopic (exact) mass is 161 g/mol. The molecular weight excluding hydrogens is 154 g/mol. The number of thiazole rings is 1. The van der Waals surface area contributed by atoms with E-state index in [2.05, 4.69) is 4.98 Å². The van der Waals surface area contributed by atoms with Crippen molar-refractivity contribution in [3.05, 3.63) is 16.6 Å². The molecule has 0 aliphatic rings. The average Bonchev–Trinajstić information content (AvgIpc) is 2.15. The lowest BCUT2D eigenvalue weighted by Crippen LogP contribution is -1.93. The van der Waals surface area contributed by atoms with Crippen LogP contribution >= 0.6 is 22.9 Å². The molecule has 0 fully saturated rings. The zero-order chi connectivity index (χ0) is 6.69. The summed E-state index contributed by atoms with van der Waals surface area (Å²) >= 11 is 7.40. The van der Waals surface area contributed by atoms with E-state index >= 15 is 0 Å². The van der Waals surface area contributed by atoms with Crippen LogP contribution in [0.5, 0.6) is 0 Å². The molecule has 1 unspecified atom stereocenters. The Morgan fingerprint density at radius 1 is 1.89 bits per heavy atom. The lowest BCUT2D eigenvalue weighted by Gasteiger charge is -1.95. The molecule has 0 N–H and O–H groups in total. The maximum absolute atomic E-state index is 5.75. The van der Waals surface area contributed by atoms with Gasteiger partial charge in [0, 0.05) is 16.5 Å². The minimum absolute atomic E-state index is 0.227. The van der Waals surface area contributed by atoms with Crippen molar-refractivity contribution in [2.45, 2.75) is 18.7 Å². The summed E-state index contributed by atoms with van der Waals surface area (Å²) in [5, 5.41) is 0.227. The Balaban J connectivity index is 2.48. The molecule has 0 aliphatic heterocycles. The van der Waals surface area contributed by atoms with Crippen molar-refractivity contribution in [2.75, 3.05) is 0 Å². The van der Waals surface area contributed by atoms with Crippen LogP contribution in [-0.2, 0) is 6.42 Å². The highest BCUT2D eigenvalue weighted by Crippen LogP contribution is 2.10. The normalized spacial score (nSPS) is 13.6. The van der Waals surface area contributed by atoms with Crippen LogP contribution in [0.2, 0.25) is 0 Å². The Kier molecular flexibility index (Phi) is 2.49. The molecule has 0 amide bonds. The van der Waals surface area contributed by atoms with E-state index in [1.165, 1.54) is 4.88 Å². The van der Waals surface area contributed by atoms with Gasteiger partial charge >= 0.3 is 0 Å². The van der Waals surface area contributed by atoms with Gasteiger partial charge < -0.3 is 0 Å². The van der Waals surface area contributed by atoms with Gasteiger partial charge in [0.15, 0.2) is 0 Å². The predicted octanol–water partition coefficient (Wildman–Crippen LogP) is 2.31. The van der Waals surface area contributed by atoms with Crippen LogP contribution in [0.3, 0.4) is 0 Å². The second kappa shape index (κ2) is 3.18. The maximum atomic E-state index is 5.75. The molecule has 1 aromatic heterocycles. The highest BCUT2D eigenvalue weighted by molar-refractivity contribution is 7.09. The Morgan fingerprint density at radius 2 is 2.67 bits per heavy atom. The van der Waals surface area contributed by atoms with Crippen LogP contribution in [0.1, 0.15) is 11.8 Å². The molecular formula is C6H8ClNS. The van der Waals surface area contributed by atoms with E-state index in [-0.39, 0.29) is 5.38 Å². The summed E-state index contributed by atoms with van der Waals surface area (Å²) in [4.78, 5) is 5.20. The Morgan fingerprint density at radius 3 is 3.11 bits per heavy atom. The molecule has 0 radical (unpaired) electrons. The van der Waals surface area contributed by atoms with Gasteiger partial charge in [-0.25, -0.2) is 0 Å². The van der Waals surface area contributed by atoms with Crippen molar-refractivity contribution in [3.63, 3.8) is 0 Å². The fourth-order valence-electron chi connectivity index (χ4n) is 0.620. The number of aromatic nitrogens is 1. The Bertz CT molecular complexity index is 160. The first-order valence-electron chi connectivity index (χ1n) is 2.80. The molecule has 1 rings (SSSR count). The molecule has 3 heteroatoms. The third-order valence-corrected chi connectivity index (χ3v) is 1.92. The quantitative estimate of drug-likeness (QED) is 0.607. The van der Waals surface area contributed by atoms with Crippen molar-refractivity contribution < 1.29 is 0 Å². The molecule has 0 aromatic carbocycles. The summed E-state index contributed by atoms with van der Waals surface area (Å²) in [6.45, 7) is 1.99. The van der Waals surface area contributed by atoms with Crippen LogP contribution < -0.4 is 0 Å². The van der Waals surface area contributed by atoms with Crippen LogP contribution in [0, 0.1) is 0 Å². The minimum Gasteiger partial charge on any atom is -0.253 e. The summed E-state index contributed by atoms with van der Waals surface area (Å²) < 4.78 is 0. The number of rotatable bonds is 2. The maximum Gasteiger partial charge on any atom is 0.0794 e. The van der Waals surface area contributed by atoms with E-state index in [0.717, 1.165) is 6.42 Å². The first-order valence-corrected chi connectivity index (χ1v) is 4.12. The summed E-state index contributed by atoms with van der Waals surface area (Å²) in [7, 11) is 0. The van der Waals surface area contributed by atoms with Crippen molar-refractivity contribution >= 4 is 22.9 Å². The van der Waals surface area contributed by atoms with Crippen molar-refractivity contribution in [1.82, 2.24) is 4.98 Å². The molecule has 50 valence electrons. The topological polar surface area (TPSA) is 12.9 Å². The molecule has 0 saturated carbocycles. The summed E-state index contributed by atoms with van der Waals surface area (Å²) in [6.07, 6.45) is 2.80. The number of nitrogens with zero attached hydrogens (tertiary/aromatic N) is 1. The number of hydrogen-bond donors (Lipinski definition) is 0. The molecule has 0 spiro atoms. The van der Waals surface area contributed by atoms with Crippen LogP contribution in [0.25, 0.3) is 0 Å². The second-order valence-corrected chi connectivity index (χ2v) is 3.67. The van der Waals surface area contributed by atoms with Gasteiger partial charge in [0.25, 0.3) is 0 Å². The molecule has 1 atom stereocenters. The number of halogens is 1. The average molecular weight is 162 g/mol. The smallest absolute Gasteiger partial charge is 0.0794 e. The lowest BCUT2D eigenvalue weighted by molar-refractivity contribution is 0.946. The third kappa shape index (κ3) is 2.33. The number of hydrogen-bond acceptors (Lipinski definition) is 2. The molecule has 0 aliphatic carbocycles. The van der Waals surface area contributed by atoms with Crippen molar-refractivity contribution in [1.29, 1.82) is 0 Å². The standard InChI is InChI=1S/C6H8ClNS/c1-5(7)2-6-3-8-4-9-6/h3-5H,2H2,1H3. The van der Waals surface area contributed by atoms with E-state index in [1.807, 2.05) is 18.6 Å². The number of alkyl halides is 1. The van der Waals surface area contributed by atoms with E-state index in [4.69, 9.17) is 11.6 Å². The molecule has 9 heavy (non-hydrogen) atoms. The molecule has 0 saturated heterocycles. The highest BCUT2D eigenvalue weighted by Gasteiger charge is 1.98. The molecule has 1 nitrogen and oxygen atoms in total. The van der Waals surface area contributed by atoms with Gasteiger partial charge in [0.2, 0.25) is 0 Å². The minimum atomic E-state index is 0.227. The van der Waals surface area contributed by atoms with Crippen molar-refractivity contribution in [3.8, 4) is 0 Å². The Labute approximate surface area is 63.7 Å². The van der Waals surface area contributed by atoms with Gasteiger partial charge in [-0.2, -0.15) is 0 Å². The molecule has 0 bridgehead atoms. The lowest BCUT2D eigenvalue weighted by atomic mass is 10.3. The first-order chi connectivity index (χ1) is 4.29.